The summed E-state index contributed by atoms with van der Waals surface area (Å²) in [5, 5.41) is 8.76. The number of carbonyl (C=O) groups excluding carboxylic acids is 1. The summed E-state index contributed by atoms with van der Waals surface area (Å²) >= 11 is 0. The minimum absolute atomic E-state index is 0.434. The van der Waals surface area contributed by atoms with Crippen molar-refractivity contribution in [3.8, 4) is 17.2 Å². The van der Waals surface area contributed by atoms with E-state index >= 15 is 0 Å². The van der Waals surface area contributed by atoms with Crippen molar-refractivity contribution < 1.29 is 4.79 Å². The maximum Gasteiger partial charge on any atom is 0.234 e. The fraction of sp³-hybridized carbons (Fsp3) is 0.125. The van der Waals surface area contributed by atoms with Gasteiger partial charge in [0.05, 0.1) is 17.7 Å². The highest BCUT2D eigenvalue weighted by atomic mass is 16.1. The molecule has 0 radical (unpaired) electrons. The number of nitrogens with two attached hydrogens (primary N) is 2. The Morgan fingerprint density at radius 1 is 1.05 bits per heavy atom. The summed E-state index contributed by atoms with van der Waals surface area (Å²) in [4.78, 5) is 10.9. The molecule has 0 unspecified atom stereocenters. The lowest BCUT2D eigenvalue weighted by Crippen LogP contribution is -2.38. The Morgan fingerprint density at radius 3 is 2.00 bits per heavy atom. The Balaban J connectivity index is 2.15. The monoisotopic (exact) mass is 265 g/mol. The van der Waals surface area contributed by atoms with Crippen molar-refractivity contribution in [2.45, 2.75) is 12.5 Å². The third-order valence-corrected chi connectivity index (χ3v) is 3.12. The second-order valence-corrected chi connectivity index (χ2v) is 4.60. The first-order chi connectivity index (χ1) is 9.60. The Morgan fingerprint density at radius 2 is 1.55 bits per heavy atom. The van der Waals surface area contributed by atoms with Crippen molar-refractivity contribution in [1.82, 2.24) is 0 Å². The second kappa shape index (κ2) is 6.00. The van der Waals surface area contributed by atoms with E-state index in [2.05, 4.69) is 6.07 Å². The van der Waals surface area contributed by atoms with Crippen LogP contribution in [0.4, 0.5) is 0 Å². The van der Waals surface area contributed by atoms with Crippen LogP contribution in [0.2, 0.25) is 0 Å². The van der Waals surface area contributed by atoms with Crippen LogP contribution >= 0.6 is 0 Å². The highest BCUT2D eigenvalue weighted by Crippen LogP contribution is 2.20. The van der Waals surface area contributed by atoms with Gasteiger partial charge in [-0.15, -0.1) is 0 Å². The van der Waals surface area contributed by atoms with Crippen molar-refractivity contribution in [1.29, 1.82) is 5.26 Å². The van der Waals surface area contributed by atoms with Crippen LogP contribution in [-0.4, -0.2) is 11.9 Å². The summed E-state index contributed by atoms with van der Waals surface area (Å²) in [6.45, 7) is 0. The SMILES string of the molecule is N#Cc1ccc(-c2ccc(C[C@H](N)C(N)=O)cc2)cc1. The topological polar surface area (TPSA) is 92.9 Å². The Bertz CT molecular complexity index is 639. The summed E-state index contributed by atoms with van der Waals surface area (Å²) in [6.07, 6.45) is 0.434. The molecule has 4 heteroatoms. The number of benzene rings is 2. The molecule has 2 rings (SSSR count). The molecule has 2 aromatic carbocycles. The molecule has 20 heavy (non-hydrogen) atoms. The zero-order valence-electron chi connectivity index (χ0n) is 10.9. The molecular formula is C16H15N3O. The quantitative estimate of drug-likeness (QED) is 0.878. The van der Waals surface area contributed by atoms with Crippen molar-refractivity contribution >= 4 is 5.91 Å². The van der Waals surface area contributed by atoms with E-state index in [9.17, 15) is 4.79 Å². The Kier molecular flexibility index (Phi) is 4.14. The van der Waals surface area contributed by atoms with E-state index in [4.69, 9.17) is 16.7 Å². The number of amides is 1. The molecular weight excluding hydrogens is 250 g/mol. The normalized spacial score (nSPS) is 11.6. The molecule has 0 aliphatic heterocycles. The molecule has 0 heterocycles. The van der Waals surface area contributed by atoms with Gasteiger partial charge in [-0.1, -0.05) is 36.4 Å². The zero-order valence-corrected chi connectivity index (χ0v) is 10.9. The van der Waals surface area contributed by atoms with Gasteiger partial charge in [0.1, 0.15) is 0 Å². The summed E-state index contributed by atoms with van der Waals surface area (Å²) in [7, 11) is 0. The molecule has 100 valence electrons. The molecule has 0 aliphatic rings. The lowest BCUT2D eigenvalue weighted by molar-refractivity contribution is -0.119. The molecule has 1 atom stereocenters. The lowest BCUT2D eigenvalue weighted by atomic mass is 10.00. The highest BCUT2D eigenvalue weighted by molar-refractivity contribution is 5.79. The summed E-state index contributed by atoms with van der Waals surface area (Å²) < 4.78 is 0. The second-order valence-electron chi connectivity index (χ2n) is 4.60. The van der Waals surface area contributed by atoms with Gasteiger partial charge in [0.25, 0.3) is 0 Å². The average Bonchev–Trinajstić information content (AvgIpc) is 2.48. The largest absolute Gasteiger partial charge is 0.368 e. The Hall–Kier alpha value is -2.64. The van der Waals surface area contributed by atoms with Gasteiger partial charge in [-0.05, 0) is 35.2 Å². The number of rotatable bonds is 4. The fourth-order valence-corrected chi connectivity index (χ4v) is 1.93. The summed E-state index contributed by atoms with van der Waals surface area (Å²) in [5.41, 5.74) is 14.5. The van der Waals surface area contributed by atoms with Gasteiger partial charge in [0, 0.05) is 0 Å². The number of nitrogens with zero attached hydrogens (tertiary/aromatic N) is 1. The molecule has 0 saturated carbocycles. The van der Waals surface area contributed by atoms with E-state index in [0.29, 0.717) is 12.0 Å². The van der Waals surface area contributed by atoms with Gasteiger partial charge in [-0.2, -0.15) is 5.26 Å². The van der Waals surface area contributed by atoms with Crippen LogP contribution in [-0.2, 0) is 11.2 Å². The first-order valence-electron chi connectivity index (χ1n) is 6.24. The van der Waals surface area contributed by atoms with Crippen LogP contribution in [0.15, 0.2) is 48.5 Å². The molecule has 2 aromatic rings. The van der Waals surface area contributed by atoms with Gasteiger partial charge < -0.3 is 11.5 Å². The van der Waals surface area contributed by atoms with E-state index in [-0.39, 0.29) is 0 Å². The predicted molar refractivity (Wildman–Crippen MR) is 77.5 cm³/mol. The van der Waals surface area contributed by atoms with Crippen molar-refractivity contribution in [3.63, 3.8) is 0 Å². The molecule has 0 bridgehead atoms. The van der Waals surface area contributed by atoms with Gasteiger partial charge >= 0.3 is 0 Å². The van der Waals surface area contributed by atoms with Gasteiger partial charge in [0.15, 0.2) is 0 Å². The maximum atomic E-state index is 10.9. The van der Waals surface area contributed by atoms with Crippen molar-refractivity contribution in [3.05, 3.63) is 59.7 Å². The van der Waals surface area contributed by atoms with Gasteiger partial charge in [-0.25, -0.2) is 0 Å². The molecule has 0 aliphatic carbocycles. The predicted octanol–water partition coefficient (Wildman–Crippen LogP) is 1.58. The molecule has 0 fully saturated rings. The smallest absolute Gasteiger partial charge is 0.234 e. The van der Waals surface area contributed by atoms with E-state index in [0.717, 1.165) is 16.7 Å². The van der Waals surface area contributed by atoms with Crippen molar-refractivity contribution in [2.24, 2.45) is 11.5 Å². The molecule has 0 spiro atoms. The third-order valence-electron chi connectivity index (χ3n) is 3.12. The third kappa shape index (κ3) is 3.22. The minimum Gasteiger partial charge on any atom is -0.368 e. The minimum atomic E-state index is -0.657. The van der Waals surface area contributed by atoms with Crippen LogP contribution in [0.5, 0.6) is 0 Å². The number of nitriles is 1. The molecule has 0 saturated heterocycles. The van der Waals surface area contributed by atoms with Crippen LogP contribution in [0.25, 0.3) is 11.1 Å². The molecule has 4 N–H and O–H groups in total. The summed E-state index contributed by atoms with van der Waals surface area (Å²) in [5.74, 6) is -0.499. The van der Waals surface area contributed by atoms with Gasteiger partial charge in [-0.3, -0.25) is 4.79 Å². The molecule has 0 aromatic heterocycles. The van der Waals surface area contributed by atoms with Gasteiger partial charge in [0.2, 0.25) is 5.91 Å². The number of hydrogen-bond acceptors (Lipinski definition) is 3. The average molecular weight is 265 g/mol. The van der Waals surface area contributed by atoms with Crippen LogP contribution in [0.1, 0.15) is 11.1 Å². The van der Waals surface area contributed by atoms with E-state index in [1.54, 1.807) is 12.1 Å². The highest BCUT2D eigenvalue weighted by Gasteiger charge is 2.09. The van der Waals surface area contributed by atoms with E-state index in [1.807, 2.05) is 36.4 Å². The molecule has 1 amide bonds. The molecule has 4 nitrogen and oxygen atoms in total. The number of carbonyl (C=O) groups is 1. The lowest BCUT2D eigenvalue weighted by Gasteiger charge is -2.08. The zero-order chi connectivity index (χ0) is 14.5. The van der Waals surface area contributed by atoms with Crippen LogP contribution < -0.4 is 11.5 Å². The van der Waals surface area contributed by atoms with E-state index < -0.39 is 11.9 Å². The van der Waals surface area contributed by atoms with Crippen LogP contribution in [0.3, 0.4) is 0 Å². The number of primary amides is 1. The number of hydrogen-bond donors (Lipinski definition) is 2. The standard InChI is InChI=1S/C16H15N3O/c17-10-12-3-7-14(8-4-12)13-5-1-11(2-6-13)9-15(18)16(19)20/h1-8,15H,9,18H2,(H2,19,20)/t15-/m0/s1. The summed E-state index contributed by atoms with van der Waals surface area (Å²) in [6, 6.07) is 16.6. The maximum absolute atomic E-state index is 10.9. The fourth-order valence-electron chi connectivity index (χ4n) is 1.93. The van der Waals surface area contributed by atoms with E-state index in [1.165, 1.54) is 0 Å². The first-order valence-corrected chi connectivity index (χ1v) is 6.24. The Labute approximate surface area is 117 Å². The first kappa shape index (κ1) is 13.8. The van der Waals surface area contributed by atoms with Crippen molar-refractivity contribution in [2.75, 3.05) is 0 Å². The van der Waals surface area contributed by atoms with Crippen LogP contribution in [0, 0.1) is 11.3 Å².